The van der Waals surface area contributed by atoms with E-state index in [9.17, 15) is 4.39 Å². The Kier molecular flexibility index (Phi) is 4.87. The molecule has 1 fully saturated rings. The monoisotopic (exact) mass is 335 g/mol. The number of halogens is 3. The third kappa shape index (κ3) is 3.16. The van der Waals surface area contributed by atoms with Crippen molar-refractivity contribution in [2.75, 3.05) is 12.4 Å². The maximum absolute atomic E-state index is 13.2. The van der Waals surface area contributed by atoms with Gasteiger partial charge in [0.15, 0.2) is 0 Å². The summed E-state index contributed by atoms with van der Waals surface area (Å²) in [6.07, 6.45) is 4.64. The Hall–Kier alpha value is -0.320. The lowest BCUT2D eigenvalue weighted by Crippen LogP contribution is -2.37. The second kappa shape index (κ2) is 6.22. The minimum absolute atomic E-state index is 0.187. The standard InChI is InChI=1S/C13H16BrClFNO/c1-18-12-5-3-2-4-11(12)17-13-9(14)6-8(16)7-10(13)15/h6-7,11-12,17H,2-5H2,1H3. The highest BCUT2D eigenvalue weighted by Crippen LogP contribution is 2.34. The van der Waals surface area contributed by atoms with E-state index in [1.807, 2.05) is 0 Å². The Labute approximate surface area is 120 Å². The van der Waals surface area contributed by atoms with Crippen LogP contribution >= 0.6 is 27.5 Å². The minimum atomic E-state index is -0.343. The molecule has 2 atom stereocenters. The Morgan fingerprint density at radius 2 is 2.11 bits per heavy atom. The predicted octanol–water partition coefficient (Wildman–Crippen LogP) is 4.61. The van der Waals surface area contributed by atoms with Crippen LogP contribution in [0, 0.1) is 5.82 Å². The zero-order valence-electron chi connectivity index (χ0n) is 10.2. The second-order valence-corrected chi connectivity index (χ2v) is 5.82. The molecular weight excluding hydrogens is 321 g/mol. The van der Waals surface area contributed by atoms with E-state index in [1.165, 1.54) is 25.0 Å². The van der Waals surface area contributed by atoms with E-state index < -0.39 is 0 Å². The van der Waals surface area contributed by atoms with E-state index in [4.69, 9.17) is 16.3 Å². The van der Waals surface area contributed by atoms with E-state index in [0.717, 1.165) is 18.5 Å². The van der Waals surface area contributed by atoms with E-state index in [-0.39, 0.29) is 18.0 Å². The number of ether oxygens (including phenoxy) is 1. The van der Waals surface area contributed by atoms with E-state index in [2.05, 4.69) is 21.2 Å². The Morgan fingerprint density at radius 3 is 2.78 bits per heavy atom. The van der Waals surface area contributed by atoms with Crippen LogP contribution < -0.4 is 5.32 Å². The molecule has 2 nitrogen and oxygen atoms in total. The van der Waals surface area contributed by atoms with Gasteiger partial charge in [-0.05, 0) is 40.9 Å². The molecule has 0 spiro atoms. The van der Waals surface area contributed by atoms with E-state index in [0.29, 0.717) is 9.50 Å². The van der Waals surface area contributed by atoms with Crippen molar-refractivity contribution in [1.82, 2.24) is 0 Å². The summed E-state index contributed by atoms with van der Waals surface area (Å²) in [7, 11) is 1.73. The fourth-order valence-electron chi connectivity index (χ4n) is 2.41. The van der Waals surface area contributed by atoms with Crippen LogP contribution in [-0.2, 0) is 4.74 Å². The van der Waals surface area contributed by atoms with Gasteiger partial charge in [-0.3, -0.25) is 0 Å². The molecule has 0 saturated heterocycles. The normalized spacial score (nSPS) is 24.0. The summed E-state index contributed by atoms with van der Waals surface area (Å²) in [4.78, 5) is 0. The molecule has 18 heavy (non-hydrogen) atoms. The summed E-state index contributed by atoms with van der Waals surface area (Å²) in [5.74, 6) is -0.343. The Balaban J connectivity index is 2.17. The third-order valence-corrected chi connectivity index (χ3v) is 4.27. The first-order valence-corrected chi connectivity index (χ1v) is 7.23. The number of methoxy groups -OCH3 is 1. The van der Waals surface area contributed by atoms with Crippen LogP contribution in [0.25, 0.3) is 0 Å². The van der Waals surface area contributed by atoms with Crippen molar-refractivity contribution in [2.45, 2.75) is 37.8 Å². The highest BCUT2D eigenvalue weighted by atomic mass is 79.9. The van der Waals surface area contributed by atoms with Crippen LogP contribution in [0.2, 0.25) is 5.02 Å². The summed E-state index contributed by atoms with van der Waals surface area (Å²) >= 11 is 9.41. The lowest BCUT2D eigenvalue weighted by molar-refractivity contribution is 0.0606. The molecule has 1 aliphatic carbocycles. The summed E-state index contributed by atoms with van der Waals surface area (Å²) in [5, 5.41) is 3.77. The number of nitrogens with one attached hydrogen (secondary N) is 1. The van der Waals surface area contributed by atoms with Gasteiger partial charge in [-0.25, -0.2) is 4.39 Å². The quantitative estimate of drug-likeness (QED) is 0.870. The van der Waals surface area contributed by atoms with Crippen LogP contribution in [0.1, 0.15) is 25.7 Å². The van der Waals surface area contributed by atoms with Crippen molar-refractivity contribution >= 4 is 33.2 Å². The highest BCUT2D eigenvalue weighted by molar-refractivity contribution is 9.10. The number of hydrogen-bond donors (Lipinski definition) is 1. The van der Waals surface area contributed by atoms with Crippen LogP contribution in [-0.4, -0.2) is 19.3 Å². The number of rotatable bonds is 3. The molecule has 1 aromatic rings. The zero-order valence-corrected chi connectivity index (χ0v) is 12.5. The van der Waals surface area contributed by atoms with Gasteiger partial charge >= 0.3 is 0 Å². The van der Waals surface area contributed by atoms with Crippen molar-refractivity contribution in [3.8, 4) is 0 Å². The molecule has 0 aliphatic heterocycles. The van der Waals surface area contributed by atoms with Crippen LogP contribution in [0.5, 0.6) is 0 Å². The van der Waals surface area contributed by atoms with Gasteiger partial charge in [-0.1, -0.05) is 24.4 Å². The molecule has 0 radical (unpaired) electrons. The zero-order chi connectivity index (χ0) is 13.1. The number of benzene rings is 1. The molecule has 0 heterocycles. The lowest BCUT2D eigenvalue weighted by atomic mass is 9.92. The van der Waals surface area contributed by atoms with Crippen molar-refractivity contribution in [3.63, 3.8) is 0 Å². The van der Waals surface area contributed by atoms with Crippen LogP contribution in [0.15, 0.2) is 16.6 Å². The molecular formula is C13H16BrClFNO. The fraction of sp³-hybridized carbons (Fsp3) is 0.538. The molecule has 1 saturated carbocycles. The van der Waals surface area contributed by atoms with Crippen molar-refractivity contribution in [1.29, 1.82) is 0 Å². The lowest BCUT2D eigenvalue weighted by Gasteiger charge is -2.32. The maximum Gasteiger partial charge on any atom is 0.125 e. The average molecular weight is 337 g/mol. The first-order valence-electron chi connectivity index (χ1n) is 6.05. The van der Waals surface area contributed by atoms with Gasteiger partial charge < -0.3 is 10.1 Å². The van der Waals surface area contributed by atoms with Crippen LogP contribution in [0.4, 0.5) is 10.1 Å². The molecule has 2 unspecified atom stereocenters. The van der Waals surface area contributed by atoms with Gasteiger partial charge in [0.2, 0.25) is 0 Å². The van der Waals surface area contributed by atoms with Gasteiger partial charge in [0.05, 0.1) is 22.9 Å². The van der Waals surface area contributed by atoms with E-state index in [1.54, 1.807) is 7.11 Å². The Morgan fingerprint density at radius 1 is 1.39 bits per heavy atom. The van der Waals surface area contributed by atoms with E-state index >= 15 is 0 Å². The maximum atomic E-state index is 13.2. The molecule has 0 aromatic heterocycles. The van der Waals surface area contributed by atoms with Crippen molar-refractivity contribution in [3.05, 3.63) is 27.4 Å². The largest absolute Gasteiger partial charge is 0.379 e. The van der Waals surface area contributed by atoms with Gasteiger partial charge in [0, 0.05) is 11.6 Å². The smallest absolute Gasteiger partial charge is 0.125 e. The van der Waals surface area contributed by atoms with Gasteiger partial charge in [0.1, 0.15) is 5.82 Å². The van der Waals surface area contributed by atoms with Gasteiger partial charge in [0.25, 0.3) is 0 Å². The Bertz CT molecular complexity index is 406. The summed E-state index contributed by atoms with van der Waals surface area (Å²) in [5.41, 5.74) is 0.743. The van der Waals surface area contributed by atoms with Gasteiger partial charge in [-0.2, -0.15) is 0 Å². The average Bonchev–Trinajstić information content (AvgIpc) is 2.34. The predicted molar refractivity (Wildman–Crippen MR) is 75.8 cm³/mol. The number of anilines is 1. The van der Waals surface area contributed by atoms with Crippen molar-refractivity contribution < 1.29 is 9.13 Å². The highest BCUT2D eigenvalue weighted by Gasteiger charge is 2.26. The molecule has 1 aromatic carbocycles. The minimum Gasteiger partial charge on any atom is -0.379 e. The SMILES string of the molecule is COC1CCCCC1Nc1c(Cl)cc(F)cc1Br. The molecule has 5 heteroatoms. The van der Waals surface area contributed by atoms with Crippen molar-refractivity contribution in [2.24, 2.45) is 0 Å². The molecule has 100 valence electrons. The fourth-order valence-corrected chi connectivity index (χ4v) is 3.33. The first-order chi connectivity index (χ1) is 8.61. The van der Waals surface area contributed by atoms with Gasteiger partial charge in [-0.15, -0.1) is 0 Å². The molecule has 0 bridgehead atoms. The van der Waals surface area contributed by atoms with Crippen LogP contribution in [0.3, 0.4) is 0 Å². The summed E-state index contributed by atoms with van der Waals surface area (Å²) in [6, 6.07) is 2.96. The molecule has 1 aliphatic rings. The first kappa shape index (κ1) is 14.1. The summed E-state index contributed by atoms with van der Waals surface area (Å²) < 4.78 is 19.3. The number of hydrogen-bond acceptors (Lipinski definition) is 2. The summed E-state index contributed by atoms with van der Waals surface area (Å²) in [6.45, 7) is 0. The third-order valence-electron chi connectivity index (χ3n) is 3.34. The topological polar surface area (TPSA) is 21.3 Å². The molecule has 2 rings (SSSR count). The molecule has 0 amide bonds. The second-order valence-electron chi connectivity index (χ2n) is 4.55. The molecule has 1 N–H and O–H groups in total.